The van der Waals surface area contributed by atoms with Gasteiger partial charge in [0.05, 0.1) is 16.5 Å². The Hall–Kier alpha value is -2.21. The van der Waals surface area contributed by atoms with Crippen molar-refractivity contribution in [3.05, 3.63) is 58.1 Å². The number of carboxylic acids is 1. The summed E-state index contributed by atoms with van der Waals surface area (Å²) in [7, 11) is 0. The van der Waals surface area contributed by atoms with Gasteiger partial charge in [0.15, 0.2) is 0 Å². The lowest BCUT2D eigenvalue weighted by molar-refractivity contribution is -0.139. The van der Waals surface area contributed by atoms with Crippen molar-refractivity contribution in [2.24, 2.45) is 5.92 Å². The molecule has 3 nitrogen and oxygen atoms in total. The Morgan fingerprint density at radius 3 is 2.62 bits per heavy atom. The van der Waals surface area contributed by atoms with Crippen LogP contribution in [-0.4, -0.2) is 11.1 Å². The molecule has 136 valence electrons. The third-order valence-corrected chi connectivity index (χ3v) is 5.61. The maximum absolute atomic E-state index is 12.7. The summed E-state index contributed by atoms with van der Waals surface area (Å²) in [6, 6.07) is 8.33. The fourth-order valence-corrected chi connectivity index (χ4v) is 4.10. The number of carbonyl (C=O) groups is 1. The normalized spacial score (nSPS) is 23.8. The third kappa shape index (κ3) is 2.72. The molecule has 0 radical (unpaired) electrons. The minimum absolute atomic E-state index is 0.122. The highest BCUT2D eigenvalue weighted by atomic mass is 35.5. The first-order valence-corrected chi connectivity index (χ1v) is 8.49. The Labute approximate surface area is 152 Å². The molecular formula is C19H14ClF3O3. The first kappa shape index (κ1) is 17.2. The molecule has 2 atom stereocenters. The largest absolute Gasteiger partial charge is 0.481 e. The van der Waals surface area contributed by atoms with Crippen molar-refractivity contribution in [2.75, 3.05) is 0 Å². The highest BCUT2D eigenvalue weighted by molar-refractivity contribution is 6.32. The second-order valence-electron chi connectivity index (χ2n) is 6.82. The Balaban J connectivity index is 1.61. The molecule has 1 spiro atoms. The molecule has 0 saturated heterocycles. The summed E-state index contributed by atoms with van der Waals surface area (Å²) in [5.41, 5.74) is 0.889. The zero-order valence-electron chi connectivity index (χ0n) is 13.4. The molecule has 1 fully saturated rings. The summed E-state index contributed by atoms with van der Waals surface area (Å²) in [4.78, 5) is 11.3. The molecule has 2 aromatic carbocycles. The number of carboxylic acid groups (broad SMARTS) is 1. The average Bonchev–Trinajstić information content (AvgIpc) is 3.20. The van der Waals surface area contributed by atoms with Crippen LogP contribution in [0, 0.1) is 5.92 Å². The number of fused-ring (bicyclic) bond motifs is 2. The molecule has 1 saturated carbocycles. The average molecular weight is 383 g/mol. The van der Waals surface area contributed by atoms with Crippen molar-refractivity contribution < 1.29 is 27.8 Å². The molecule has 0 amide bonds. The molecule has 2 aliphatic rings. The van der Waals surface area contributed by atoms with Crippen molar-refractivity contribution >= 4 is 17.6 Å². The Kier molecular flexibility index (Phi) is 3.74. The lowest BCUT2D eigenvalue weighted by Crippen LogP contribution is -2.11. The molecule has 0 aliphatic heterocycles. The van der Waals surface area contributed by atoms with Crippen LogP contribution in [-0.2, 0) is 22.8 Å². The van der Waals surface area contributed by atoms with Crippen LogP contribution in [0.25, 0.3) is 0 Å². The smallest absolute Gasteiger partial charge is 0.416 e. The van der Waals surface area contributed by atoms with E-state index in [4.69, 9.17) is 16.3 Å². The maximum Gasteiger partial charge on any atom is 0.416 e. The predicted octanol–water partition coefficient (Wildman–Crippen LogP) is 5.44. The van der Waals surface area contributed by atoms with Gasteiger partial charge in [0.2, 0.25) is 0 Å². The van der Waals surface area contributed by atoms with Gasteiger partial charge in [-0.3, -0.25) is 4.79 Å². The van der Waals surface area contributed by atoms with E-state index in [1.54, 1.807) is 12.1 Å². The minimum atomic E-state index is -4.47. The van der Waals surface area contributed by atoms with E-state index in [1.807, 2.05) is 6.07 Å². The molecular weight excluding hydrogens is 369 g/mol. The summed E-state index contributed by atoms with van der Waals surface area (Å²) in [5.74, 6) is -0.622. The molecule has 26 heavy (non-hydrogen) atoms. The van der Waals surface area contributed by atoms with E-state index in [-0.39, 0.29) is 22.1 Å². The summed E-state index contributed by atoms with van der Waals surface area (Å²) in [5, 5.41) is 9.16. The summed E-state index contributed by atoms with van der Waals surface area (Å²) >= 11 is 5.93. The van der Waals surface area contributed by atoms with Crippen LogP contribution < -0.4 is 4.74 Å². The van der Waals surface area contributed by atoms with Crippen molar-refractivity contribution in [3.63, 3.8) is 0 Å². The van der Waals surface area contributed by atoms with Gasteiger partial charge in [-0.2, -0.15) is 13.2 Å². The lowest BCUT2D eigenvalue weighted by atomic mass is 9.95. The van der Waals surface area contributed by atoms with E-state index in [1.165, 1.54) is 6.07 Å². The van der Waals surface area contributed by atoms with Crippen LogP contribution in [0.15, 0.2) is 36.4 Å². The summed E-state index contributed by atoms with van der Waals surface area (Å²) < 4.78 is 43.8. The minimum Gasteiger partial charge on any atom is -0.481 e. The van der Waals surface area contributed by atoms with Crippen molar-refractivity contribution in [3.8, 4) is 11.5 Å². The maximum atomic E-state index is 12.7. The van der Waals surface area contributed by atoms with Gasteiger partial charge in [0, 0.05) is 5.41 Å². The Bertz CT molecular complexity index is 909. The highest BCUT2D eigenvalue weighted by Gasteiger charge is 2.61. The van der Waals surface area contributed by atoms with Crippen LogP contribution in [0.3, 0.4) is 0 Å². The molecule has 0 unspecified atom stereocenters. The summed E-state index contributed by atoms with van der Waals surface area (Å²) in [6.45, 7) is 0. The van der Waals surface area contributed by atoms with Gasteiger partial charge in [-0.25, -0.2) is 0 Å². The van der Waals surface area contributed by atoms with E-state index in [9.17, 15) is 23.1 Å². The van der Waals surface area contributed by atoms with E-state index >= 15 is 0 Å². The number of hydrogen-bond acceptors (Lipinski definition) is 2. The fourth-order valence-electron chi connectivity index (χ4n) is 3.88. The number of alkyl halides is 3. The Morgan fingerprint density at radius 2 is 2.00 bits per heavy atom. The standard InChI is InChI=1S/C19H14ClF3O3/c20-15-7-11(19(21,22)23)2-4-16(15)26-12-3-1-10-5-6-18(13(10)8-12)9-14(18)17(24)25/h1-4,7-8,14H,5-6,9H2,(H,24,25)/t14-,18-/m0/s1. The van der Waals surface area contributed by atoms with Gasteiger partial charge in [0.1, 0.15) is 11.5 Å². The SMILES string of the molecule is O=C(O)[C@@H]1C[C@]12CCc1ccc(Oc3ccc(C(F)(F)F)cc3Cl)cc12. The molecule has 2 aliphatic carbocycles. The quantitative estimate of drug-likeness (QED) is 0.768. The molecule has 0 heterocycles. The number of rotatable bonds is 3. The third-order valence-electron chi connectivity index (χ3n) is 5.32. The fraction of sp³-hybridized carbons (Fsp3) is 0.316. The molecule has 2 aromatic rings. The molecule has 4 rings (SSSR count). The van der Waals surface area contributed by atoms with E-state index in [2.05, 4.69) is 0 Å². The molecule has 0 bridgehead atoms. The van der Waals surface area contributed by atoms with Crippen LogP contribution in [0.5, 0.6) is 11.5 Å². The molecule has 0 aromatic heterocycles. The first-order chi connectivity index (χ1) is 12.2. The van der Waals surface area contributed by atoms with Gasteiger partial charge in [-0.15, -0.1) is 0 Å². The zero-order valence-corrected chi connectivity index (χ0v) is 14.2. The van der Waals surface area contributed by atoms with E-state index in [0.717, 1.165) is 36.1 Å². The van der Waals surface area contributed by atoms with Crippen LogP contribution >= 0.6 is 11.6 Å². The number of ether oxygens (including phenoxy) is 1. The number of aryl methyl sites for hydroxylation is 1. The highest BCUT2D eigenvalue weighted by Crippen LogP contribution is 2.62. The Morgan fingerprint density at radius 1 is 1.23 bits per heavy atom. The zero-order chi connectivity index (χ0) is 18.7. The second-order valence-corrected chi connectivity index (χ2v) is 7.22. The van der Waals surface area contributed by atoms with E-state index in [0.29, 0.717) is 12.2 Å². The topological polar surface area (TPSA) is 46.5 Å². The van der Waals surface area contributed by atoms with E-state index < -0.39 is 17.7 Å². The number of aliphatic carboxylic acids is 1. The summed E-state index contributed by atoms with van der Waals surface area (Å²) in [6.07, 6.45) is -2.25. The molecule has 7 heteroatoms. The monoisotopic (exact) mass is 382 g/mol. The van der Waals surface area contributed by atoms with Gasteiger partial charge in [0.25, 0.3) is 0 Å². The van der Waals surface area contributed by atoms with Gasteiger partial charge in [-0.1, -0.05) is 17.7 Å². The number of benzene rings is 2. The van der Waals surface area contributed by atoms with Crippen molar-refractivity contribution in [1.82, 2.24) is 0 Å². The number of hydrogen-bond donors (Lipinski definition) is 1. The van der Waals surface area contributed by atoms with Crippen molar-refractivity contribution in [2.45, 2.75) is 30.9 Å². The van der Waals surface area contributed by atoms with Gasteiger partial charge >= 0.3 is 12.1 Å². The first-order valence-electron chi connectivity index (χ1n) is 8.11. The molecule has 1 N–H and O–H groups in total. The predicted molar refractivity (Wildman–Crippen MR) is 88.7 cm³/mol. The van der Waals surface area contributed by atoms with Gasteiger partial charge in [-0.05, 0) is 60.7 Å². The second kappa shape index (κ2) is 5.64. The lowest BCUT2D eigenvalue weighted by Gasteiger charge is -2.14. The van der Waals surface area contributed by atoms with Crippen LogP contribution in [0.1, 0.15) is 29.5 Å². The van der Waals surface area contributed by atoms with Crippen molar-refractivity contribution in [1.29, 1.82) is 0 Å². The van der Waals surface area contributed by atoms with Crippen LogP contribution in [0.2, 0.25) is 5.02 Å². The van der Waals surface area contributed by atoms with Crippen LogP contribution in [0.4, 0.5) is 13.2 Å². The van der Waals surface area contributed by atoms with Gasteiger partial charge < -0.3 is 9.84 Å². The number of halogens is 4.